The molecule has 0 unspecified atom stereocenters. The van der Waals surface area contributed by atoms with Gasteiger partial charge in [0, 0.05) is 5.88 Å². The monoisotopic (exact) mass is 202 g/mol. The maximum Gasteiger partial charge on any atom is 0.0274 e. The van der Waals surface area contributed by atoms with E-state index in [0.29, 0.717) is 5.41 Å². The molecular weight excluding hydrogens is 180 g/mol. The summed E-state index contributed by atoms with van der Waals surface area (Å²) in [5, 5.41) is 0. The Morgan fingerprint density at radius 2 is 1.69 bits per heavy atom. The van der Waals surface area contributed by atoms with Crippen molar-refractivity contribution in [2.45, 2.75) is 52.9 Å². The maximum atomic E-state index is 5.94. The Labute approximate surface area is 88.1 Å². The lowest BCUT2D eigenvalue weighted by atomic mass is 9.75. The molecule has 1 aliphatic carbocycles. The number of rotatable bonds is 3. The van der Waals surface area contributed by atoms with Crippen molar-refractivity contribution in [3.05, 3.63) is 0 Å². The van der Waals surface area contributed by atoms with Crippen LogP contribution in [0.25, 0.3) is 0 Å². The third-order valence-electron chi connectivity index (χ3n) is 3.34. The van der Waals surface area contributed by atoms with Gasteiger partial charge in [-0.05, 0) is 23.7 Å². The fourth-order valence-electron chi connectivity index (χ4n) is 2.37. The first-order valence-electron chi connectivity index (χ1n) is 5.59. The summed E-state index contributed by atoms with van der Waals surface area (Å²) in [6, 6.07) is 0. The van der Waals surface area contributed by atoms with Crippen LogP contribution in [0, 0.1) is 17.3 Å². The molecule has 0 heterocycles. The highest BCUT2D eigenvalue weighted by Crippen LogP contribution is 2.36. The molecule has 78 valence electrons. The molecule has 1 fully saturated rings. The number of halogens is 1. The molecule has 0 atom stereocenters. The van der Waals surface area contributed by atoms with Crippen molar-refractivity contribution in [3.63, 3.8) is 0 Å². The standard InChI is InChI=1S/C12H23Cl/c1-10-4-6-11(7-5-10)8-12(2,3)9-13/h10-11H,4-9H2,1-3H3. The van der Waals surface area contributed by atoms with Gasteiger partial charge in [-0.15, -0.1) is 11.6 Å². The fraction of sp³-hybridized carbons (Fsp3) is 1.00. The maximum absolute atomic E-state index is 5.94. The zero-order chi connectivity index (χ0) is 9.90. The number of alkyl halides is 1. The van der Waals surface area contributed by atoms with Crippen molar-refractivity contribution in [1.29, 1.82) is 0 Å². The van der Waals surface area contributed by atoms with Crippen LogP contribution in [0.5, 0.6) is 0 Å². The third kappa shape index (κ3) is 3.89. The molecule has 0 bridgehead atoms. The van der Waals surface area contributed by atoms with E-state index in [1.165, 1.54) is 32.1 Å². The van der Waals surface area contributed by atoms with Gasteiger partial charge in [0.1, 0.15) is 0 Å². The van der Waals surface area contributed by atoms with E-state index < -0.39 is 0 Å². The van der Waals surface area contributed by atoms with E-state index in [0.717, 1.165) is 17.7 Å². The molecule has 0 aromatic heterocycles. The summed E-state index contributed by atoms with van der Waals surface area (Å²) in [6.07, 6.45) is 7.05. The minimum atomic E-state index is 0.354. The van der Waals surface area contributed by atoms with Crippen molar-refractivity contribution in [1.82, 2.24) is 0 Å². The Kier molecular flexibility index (Phi) is 4.09. The highest BCUT2D eigenvalue weighted by atomic mass is 35.5. The summed E-state index contributed by atoms with van der Waals surface area (Å²) in [5.41, 5.74) is 0.354. The highest BCUT2D eigenvalue weighted by molar-refractivity contribution is 6.18. The molecule has 0 saturated heterocycles. The average Bonchev–Trinajstić information content (AvgIpc) is 2.09. The molecule has 0 aliphatic heterocycles. The van der Waals surface area contributed by atoms with Gasteiger partial charge in [0.05, 0.1) is 0 Å². The topological polar surface area (TPSA) is 0 Å². The Bertz CT molecular complexity index is 143. The second-order valence-corrected chi connectivity index (χ2v) is 5.90. The lowest BCUT2D eigenvalue weighted by Gasteiger charge is -2.32. The van der Waals surface area contributed by atoms with E-state index in [1.807, 2.05) is 0 Å². The van der Waals surface area contributed by atoms with E-state index in [-0.39, 0.29) is 0 Å². The molecule has 1 aliphatic rings. The largest absolute Gasteiger partial charge is 0.126 e. The normalized spacial score (nSPS) is 30.5. The minimum Gasteiger partial charge on any atom is -0.126 e. The smallest absolute Gasteiger partial charge is 0.0274 e. The van der Waals surface area contributed by atoms with Gasteiger partial charge in [-0.1, -0.05) is 46.5 Å². The molecule has 1 heteroatoms. The van der Waals surface area contributed by atoms with Gasteiger partial charge in [-0.2, -0.15) is 0 Å². The quantitative estimate of drug-likeness (QED) is 0.593. The van der Waals surface area contributed by atoms with E-state index in [2.05, 4.69) is 20.8 Å². The lowest BCUT2D eigenvalue weighted by molar-refractivity contribution is 0.214. The van der Waals surface area contributed by atoms with Crippen LogP contribution in [0.15, 0.2) is 0 Å². The second kappa shape index (κ2) is 4.68. The molecule has 0 spiro atoms. The SMILES string of the molecule is CC1CCC(CC(C)(C)CCl)CC1. The molecule has 1 saturated carbocycles. The van der Waals surface area contributed by atoms with Gasteiger partial charge in [-0.3, -0.25) is 0 Å². The minimum absolute atomic E-state index is 0.354. The zero-order valence-electron chi connectivity index (χ0n) is 9.28. The molecule has 13 heavy (non-hydrogen) atoms. The third-order valence-corrected chi connectivity index (χ3v) is 4.06. The molecule has 0 aromatic carbocycles. The number of hydrogen-bond acceptors (Lipinski definition) is 0. The Morgan fingerprint density at radius 1 is 1.15 bits per heavy atom. The summed E-state index contributed by atoms with van der Waals surface area (Å²) >= 11 is 5.94. The van der Waals surface area contributed by atoms with Gasteiger partial charge in [0.25, 0.3) is 0 Å². The van der Waals surface area contributed by atoms with Crippen LogP contribution in [-0.2, 0) is 0 Å². The highest BCUT2D eigenvalue weighted by Gasteiger charge is 2.25. The van der Waals surface area contributed by atoms with Crippen LogP contribution in [-0.4, -0.2) is 5.88 Å². The molecule has 0 amide bonds. The van der Waals surface area contributed by atoms with Crippen LogP contribution in [0.1, 0.15) is 52.9 Å². The lowest BCUT2D eigenvalue weighted by Crippen LogP contribution is -2.22. The predicted octanol–water partition coefficient (Wildman–Crippen LogP) is 4.47. The van der Waals surface area contributed by atoms with Crippen molar-refractivity contribution in [3.8, 4) is 0 Å². The first kappa shape index (κ1) is 11.4. The van der Waals surface area contributed by atoms with Crippen LogP contribution in [0.2, 0.25) is 0 Å². The molecule has 0 aromatic rings. The summed E-state index contributed by atoms with van der Waals surface area (Å²) in [5.74, 6) is 2.72. The Morgan fingerprint density at radius 3 is 2.15 bits per heavy atom. The van der Waals surface area contributed by atoms with Gasteiger partial charge < -0.3 is 0 Å². The van der Waals surface area contributed by atoms with Gasteiger partial charge in [0.2, 0.25) is 0 Å². The van der Waals surface area contributed by atoms with E-state index in [4.69, 9.17) is 11.6 Å². The predicted molar refractivity (Wildman–Crippen MR) is 60.2 cm³/mol. The van der Waals surface area contributed by atoms with Crippen molar-refractivity contribution >= 4 is 11.6 Å². The summed E-state index contributed by atoms with van der Waals surface area (Å²) in [6.45, 7) is 6.96. The average molecular weight is 203 g/mol. The van der Waals surface area contributed by atoms with Gasteiger partial charge in [-0.25, -0.2) is 0 Å². The molecule has 0 radical (unpaired) electrons. The molecular formula is C12H23Cl. The fourth-order valence-corrected chi connectivity index (χ4v) is 2.48. The molecule has 0 N–H and O–H groups in total. The first-order chi connectivity index (χ1) is 6.03. The zero-order valence-corrected chi connectivity index (χ0v) is 10.0. The van der Waals surface area contributed by atoms with Crippen molar-refractivity contribution in [2.24, 2.45) is 17.3 Å². The molecule has 0 nitrogen and oxygen atoms in total. The van der Waals surface area contributed by atoms with Crippen LogP contribution in [0.3, 0.4) is 0 Å². The summed E-state index contributed by atoms with van der Waals surface area (Å²) < 4.78 is 0. The molecule has 1 rings (SSSR count). The Hall–Kier alpha value is 0.290. The van der Waals surface area contributed by atoms with Crippen LogP contribution >= 0.6 is 11.6 Å². The number of hydrogen-bond donors (Lipinski definition) is 0. The van der Waals surface area contributed by atoms with E-state index in [1.54, 1.807) is 0 Å². The summed E-state index contributed by atoms with van der Waals surface area (Å²) in [7, 11) is 0. The van der Waals surface area contributed by atoms with Crippen molar-refractivity contribution in [2.75, 3.05) is 5.88 Å². The van der Waals surface area contributed by atoms with Gasteiger partial charge in [0.15, 0.2) is 0 Å². The first-order valence-corrected chi connectivity index (χ1v) is 6.13. The second-order valence-electron chi connectivity index (χ2n) is 5.63. The Balaban J connectivity index is 2.30. The summed E-state index contributed by atoms with van der Waals surface area (Å²) in [4.78, 5) is 0. The van der Waals surface area contributed by atoms with E-state index >= 15 is 0 Å². The van der Waals surface area contributed by atoms with Crippen LogP contribution < -0.4 is 0 Å². The van der Waals surface area contributed by atoms with Crippen molar-refractivity contribution < 1.29 is 0 Å². The van der Waals surface area contributed by atoms with Crippen LogP contribution in [0.4, 0.5) is 0 Å². The van der Waals surface area contributed by atoms with E-state index in [9.17, 15) is 0 Å². The van der Waals surface area contributed by atoms with Gasteiger partial charge >= 0.3 is 0 Å².